The fourth-order valence-electron chi connectivity index (χ4n) is 9.34. The summed E-state index contributed by atoms with van der Waals surface area (Å²) in [5.41, 5.74) is 15.8. The quantitative estimate of drug-likeness (QED) is 0.180. The van der Waals surface area contributed by atoms with Crippen LogP contribution in [-0.4, -0.2) is 15.0 Å². The first-order chi connectivity index (χ1) is 28.7. The Hall–Kier alpha value is -7.69. The van der Waals surface area contributed by atoms with Crippen molar-refractivity contribution in [2.24, 2.45) is 0 Å². The van der Waals surface area contributed by atoms with Crippen molar-refractivity contribution in [2.45, 2.75) is 5.41 Å². The van der Waals surface area contributed by atoms with Crippen molar-refractivity contribution in [3.05, 3.63) is 221 Å². The van der Waals surface area contributed by atoms with Crippen molar-refractivity contribution in [3.8, 4) is 56.4 Å². The van der Waals surface area contributed by atoms with Gasteiger partial charge in [-0.3, -0.25) is 0 Å². The predicted molar refractivity (Wildman–Crippen MR) is 235 cm³/mol. The van der Waals surface area contributed by atoms with Crippen molar-refractivity contribution in [1.29, 1.82) is 0 Å². The average molecular weight is 740 g/mol. The monoisotopic (exact) mass is 739 g/mol. The maximum Gasteiger partial charge on any atom is 0.164 e. The second-order valence-corrected chi connectivity index (χ2v) is 15.1. The molecular formula is C54H33N3O. The highest BCUT2D eigenvalue weighted by Crippen LogP contribution is 2.59. The van der Waals surface area contributed by atoms with Crippen molar-refractivity contribution in [3.63, 3.8) is 0 Å². The molecule has 0 amide bonds. The van der Waals surface area contributed by atoms with E-state index in [1.165, 1.54) is 44.5 Å². The fraction of sp³-hybridized carbons (Fsp3) is 0.0185. The number of benzene rings is 8. The summed E-state index contributed by atoms with van der Waals surface area (Å²) in [5, 5.41) is 2.25. The molecule has 8 aromatic carbocycles. The number of fused-ring (bicyclic) bond motifs is 12. The SMILES string of the molecule is C1=Cc2ccc(-c3nc(-c4ccccc4)nc(-c4ccc(-c5ccccc5)cc4)n3)cc2C2(c3ccccc31)c1ccccc1-c1cc3c(cc12)oc1ccccc13. The number of furan rings is 1. The number of aromatic nitrogens is 3. The fourth-order valence-corrected chi connectivity index (χ4v) is 9.34. The molecule has 10 aromatic rings. The van der Waals surface area contributed by atoms with Gasteiger partial charge in [0.15, 0.2) is 17.5 Å². The summed E-state index contributed by atoms with van der Waals surface area (Å²) in [6.07, 6.45) is 4.52. The lowest BCUT2D eigenvalue weighted by Gasteiger charge is -2.35. The zero-order valence-electron chi connectivity index (χ0n) is 31.3. The highest BCUT2D eigenvalue weighted by atomic mass is 16.3. The van der Waals surface area contributed by atoms with E-state index in [4.69, 9.17) is 19.4 Å². The van der Waals surface area contributed by atoms with Crippen LogP contribution in [0.5, 0.6) is 0 Å². The normalized spacial score (nSPS) is 14.9. The van der Waals surface area contributed by atoms with Crippen LogP contribution in [0.3, 0.4) is 0 Å². The number of para-hydroxylation sites is 1. The van der Waals surface area contributed by atoms with Crippen LogP contribution < -0.4 is 0 Å². The first-order valence-corrected chi connectivity index (χ1v) is 19.7. The molecule has 0 N–H and O–H groups in total. The predicted octanol–water partition coefficient (Wildman–Crippen LogP) is 13.3. The van der Waals surface area contributed by atoms with E-state index in [0.717, 1.165) is 49.8 Å². The first-order valence-electron chi connectivity index (χ1n) is 19.7. The molecular weight excluding hydrogens is 707 g/mol. The molecule has 2 aliphatic rings. The number of rotatable bonds is 4. The van der Waals surface area contributed by atoms with Gasteiger partial charge in [0.1, 0.15) is 11.2 Å². The molecule has 58 heavy (non-hydrogen) atoms. The molecule has 0 saturated heterocycles. The molecule has 1 atom stereocenters. The molecule has 2 aliphatic carbocycles. The molecule has 4 heteroatoms. The maximum atomic E-state index is 6.61. The van der Waals surface area contributed by atoms with E-state index < -0.39 is 5.41 Å². The molecule has 2 heterocycles. The Morgan fingerprint density at radius 1 is 0.328 bits per heavy atom. The topological polar surface area (TPSA) is 51.8 Å². The van der Waals surface area contributed by atoms with Gasteiger partial charge >= 0.3 is 0 Å². The summed E-state index contributed by atoms with van der Waals surface area (Å²) in [6.45, 7) is 0. The van der Waals surface area contributed by atoms with Crippen LogP contribution in [0, 0.1) is 0 Å². The van der Waals surface area contributed by atoms with Crippen molar-refractivity contribution >= 4 is 34.1 Å². The summed E-state index contributed by atoms with van der Waals surface area (Å²) < 4.78 is 6.61. The Labute approximate surface area is 335 Å². The van der Waals surface area contributed by atoms with E-state index in [-0.39, 0.29) is 0 Å². The second-order valence-electron chi connectivity index (χ2n) is 15.1. The van der Waals surface area contributed by atoms with E-state index >= 15 is 0 Å². The van der Waals surface area contributed by atoms with Crippen molar-refractivity contribution in [1.82, 2.24) is 15.0 Å². The molecule has 0 aliphatic heterocycles. The van der Waals surface area contributed by atoms with E-state index in [9.17, 15) is 0 Å². The molecule has 0 bridgehead atoms. The first kappa shape index (κ1) is 32.5. The summed E-state index contributed by atoms with van der Waals surface area (Å²) in [5.74, 6) is 1.88. The van der Waals surface area contributed by atoms with Gasteiger partial charge in [0, 0.05) is 27.5 Å². The van der Waals surface area contributed by atoms with Crippen LogP contribution in [0.4, 0.5) is 0 Å². The molecule has 12 rings (SSSR count). The molecule has 1 spiro atoms. The van der Waals surface area contributed by atoms with Gasteiger partial charge in [-0.15, -0.1) is 0 Å². The Balaban J connectivity index is 1.11. The smallest absolute Gasteiger partial charge is 0.164 e. The zero-order valence-corrected chi connectivity index (χ0v) is 31.3. The molecule has 1 unspecified atom stereocenters. The lowest BCUT2D eigenvalue weighted by Crippen LogP contribution is -2.30. The lowest BCUT2D eigenvalue weighted by molar-refractivity contribution is 0.666. The van der Waals surface area contributed by atoms with Gasteiger partial charge in [-0.05, 0) is 79.9 Å². The van der Waals surface area contributed by atoms with Crippen molar-refractivity contribution < 1.29 is 4.42 Å². The Morgan fingerprint density at radius 2 is 0.879 bits per heavy atom. The Bertz CT molecular complexity index is 3270. The zero-order chi connectivity index (χ0) is 38.2. The lowest BCUT2D eigenvalue weighted by atomic mass is 9.65. The third-order valence-electron chi connectivity index (χ3n) is 12.0. The van der Waals surface area contributed by atoms with Crippen LogP contribution >= 0.6 is 0 Å². The van der Waals surface area contributed by atoms with Gasteiger partial charge < -0.3 is 4.42 Å². The van der Waals surface area contributed by atoms with E-state index in [1.54, 1.807) is 0 Å². The third kappa shape index (κ3) is 4.85. The van der Waals surface area contributed by atoms with Crippen LogP contribution in [0.1, 0.15) is 33.4 Å². The van der Waals surface area contributed by atoms with E-state index in [1.807, 2.05) is 30.3 Å². The molecule has 0 radical (unpaired) electrons. The van der Waals surface area contributed by atoms with E-state index in [2.05, 4.69) is 170 Å². The minimum atomic E-state index is -0.657. The van der Waals surface area contributed by atoms with Gasteiger partial charge in [0.05, 0.1) is 5.41 Å². The van der Waals surface area contributed by atoms with E-state index in [0.29, 0.717) is 17.5 Å². The largest absolute Gasteiger partial charge is 0.456 e. The van der Waals surface area contributed by atoms with Crippen LogP contribution in [0.25, 0.3) is 90.5 Å². The van der Waals surface area contributed by atoms with Gasteiger partial charge in [-0.1, -0.05) is 176 Å². The van der Waals surface area contributed by atoms with Crippen molar-refractivity contribution in [2.75, 3.05) is 0 Å². The molecule has 0 saturated carbocycles. The summed E-state index contributed by atoms with van der Waals surface area (Å²) in [6, 6.07) is 66.5. The molecule has 2 aromatic heterocycles. The molecule has 4 nitrogen and oxygen atoms in total. The minimum Gasteiger partial charge on any atom is -0.456 e. The highest BCUT2D eigenvalue weighted by Gasteiger charge is 2.49. The number of hydrogen-bond acceptors (Lipinski definition) is 4. The minimum absolute atomic E-state index is 0.620. The van der Waals surface area contributed by atoms with Gasteiger partial charge in [0.2, 0.25) is 0 Å². The van der Waals surface area contributed by atoms with Crippen LogP contribution in [0.2, 0.25) is 0 Å². The second kappa shape index (κ2) is 12.7. The average Bonchev–Trinajstić information content (AvgIpc) is 3.75. The molecule has 270 valence electrons. The van der Waals surface area contributed by atoms with Gasteiger partial charge in [-0.25, -0.2) is 15.0 Å². The number of hydrogen-bond donors (Lipinski definition) is 0. The number of nitrogens with zero attached hydrogens (tertiary/aromatic N) is 3. The standard InChI is InChI=1S/C54H33N3O/c1-3-13-34(14-4-1)35-23-28-39(29-24-35)52-55-51(38-16-5-2-6-17-38)56-53(57-52)40-30-27-37-26-25-36-15-7-10-20-45(36)54(47(37)31-40)46-21-11-8-18-41(46)43-32-44-42-19-9-12-22-49(42)58-50(44)33-48(43)54/h1-33H. The summed E-state index contributed by atoms with van der Waals surface area (Å²) >= 11 is 0. The highest BCUT2D eigenvalue weighted by molar-refractivity contribution is 6.08. The molecule has 0 fully saturated rings. The third-order valence-corrected chi connectivity index (χ3v) is 12.0. The van der Waals surface area contributed by atoms with Gasteiger partial charge in [0.25, 0.3) is 0 Å². The van der Waals surface area contributed by atoms with Crippen LogP contribution in [0.15, 0.2) is 192 Å². The summed E-state index contributed by atoms with van der Waals surface area (Å²) in [7, 11) is 0. The maximum absolute atomic E-state index is 6.61. The Kier molecular flexibility index (Phi) is 7.11. The Morgan fingerprint density at radius 3 is 1.66 bits per heavy atom. The van der Waals surface area contributed by atoms with Gasteiger partial charge in [-0.2, -0.15) is 0 Å². The summed E-state index contributed by atoms with van der Waals surface area (Å²) in [4.78, 5) is 15.5. The van der Waals surface area contributed by atoms with Crippen LogP contribution in [-0.2, 0) is 5.41 Å².